The maximum absolute atomic E-state index is 13.2. The Morgan fingerprint density at radius 3 is 2.12 bits per heavy atom. The number of amides is 1. The Bertz CT molecular complexity index is 1980. The van der Waals surface area contributed by atoms with E-state index in [1.54, 1.807) is 30.4 Å². The van der Waals surface area contributed by atoms with E-state index in [1.807, 2.05) is 93.0 Å². The molecule has 0 aliphatic carbocycles. The van der Waals surface area contributed by atoms with Crippen molar-refractivity contribution in [1.29, 1.82) is 5.26 Å². The Hall–Kier alpha value is -5.07. The summed E-state index contributed by atoms with van der Waals surface area (Å²) >= 11 is 0. The van der Waals surface area contributed by atoms with Gasteiger partial charge in [0.1, 0.15) is 29.4 Å². The molecule has 2 unspecified atom stereocenters. The predicted molar refractivity (Wildman–Crippen MR) is 228 cm³/mol. The summed E-state index contributed by atoms with van der Waals surface area (Å²) in [4.78, 5) is 34.1. The van der Waals surface area contributed by atoms with Gasteiger partial charge >= 0.3 is 0 Å². The summed E-state index contributed by atoms with van der Waals surface area (Å²) in [5, 5.41) is 9.40. The topological polar surface area (TPSA) is 155 Å². The summed E-state index contributed by atoms with van der Waals surface area (Å²) in [6, 6.07) is 27.1. The normalized spacial score (nSPS) is 20.9. The van der Waals surface area contributed by atoms with E-state index in [1.165, 1.54) is 6.34 Å². The maximum atomic E-state index is 13.2. The number of fused-ring (bicyclic) bond motifs is 1. The van der Waals surface area contributed by atoms with Crippen molar-refractivity contribution in [1.82, 2.24) is 14.5 Å². The highest BCUT2D eigenvalue weighted by Gasteiger charge is 2.48. The van der Waals surface area contributed by atoms with E-state index in [0.29, 0.717) is 23.8 Å². The maximum Gasteiger partial charge on any atom is 0.281 e. The van der Waals surface area contributed by atoms with Gasteiger partial charge in [0.15, 0.2) is 11.9 Å². The number of nitrogens with zero attached hydrogens (tertiary/aromatic N) is 8. The Balaban J connectivity index is 1.41. The quantitative estimate of drug-likeness (QED) is 0.0461. The highest BCUT2D eigenvalue weighted by atomic mass is 31.2. The summed E-state index contributed by atoms with van der Waals surface area (Å²) in [6.07, 6.45) is 1.80. The lowest BCUT2D eigenvalue weighted by Crippen LogP contribution is -2.44. The number of ether oxygens (including phenoxy) is 4. The molecule has 59 heavy (non-hydrogen) atoms. The summed E-state index contributed by atoms with van der Waals surface area (Å²) in [7, 11) is 5.24. The van der Waals surface area contributed by atoms with Crippen molar-refractivity contribution in [2.45, 2.75) is 82.7 Å². The molecule has 16 heteroatoms. The number of carbonyl (C=O) groups is 1. The van der Waals surface area contributed by atoms with Crippen molar-refractivity contribution in [3.63, 3.8) is 0 Å². The molecule has 3 aliphatic rings. The van der Waals surface area contributed by atoms with Crippen LogP contribution in [-0.2, 0) is 28.9 Å². The first-order valence-corrected chi connectivity index (χ1v) is 20.7. The van der Waals surface area contributed by atoms with Gasteiger partial charge in [-0.25, -0.2) is 9.66 Å². The van der Waals surface area contributed by atoms with Crippen LogP contribution in [0.2, 0.25) is 0 Å². The zero-order chi connectivity index (χ0) is 42.1. The second kappa shape index (κ2) is 19.8. The van der Waals surface area contributed by atoms with Crippen molar-refractivity contribution in [2.24, 2.45) is 20.0 Å². The zero-order valence-corrected chi connectivity index (χ0v) is 35.7. The molecule has 0 bridgehead atoms. The standard InChI is InChI=1S/C43H53N8O7P/c1-29(2)51(30(3)4)59(56-24-12-23-44)58-36-25-38(50-28-45-39-40(50)47-42(48-41(39)52)46-27-49(5)6)57-37(36)26-55-43(31-13-10-9-11-14-31,32-15-19-34(53-7)20-16-32)33-17-21-35(54-8)22-18-33/h9-11,13-22,27-30,36-39H,12,24-26H2,1-8H3/b46-27+/t36-,37+,38+,39?,59?/m0/s1. The second-order valence-corrected chi connectivity index (χ2v) is 16.3. The number of guanidine groups is 1. The molecule has 0 saturated carbocycles. The first-order chi connectivity index (χ1) is 28.5. The number of amidine groups is 1. The van der Waals surface area contributed by atoms with Gasteiger partial charge in [-0.1, -0.05) is 54.6 Å². The van der Waals surface area contributed by atoms with Gasteiger partial charge in [-0.05, 0) is 68.7 Å². The molecule has 1 amide bonds. The van der Waals surface area contributed by atoms with Gasteiger partial charge in [0.25, 0.3) is 20.4 Å². The minimum Gasteiger partial charge on any atom is -0.497 e. The van der Waals surface area contributed by atoms with E-state index < -0.39 is 44.5 Å². The summed E-state index contributed by atoms with van der Waals surface area (Å²) < 4.78 is 40.9. The molecule has 5 atom stereocenters. The Morgan fingerprint density at radius 1 is 0.949 bits per heavy atom. The predicted octanol–water partition coefficient (Wildman–Crippen LogP) is 6.39. The molecule has 0 aromatic heterocycles. The Morgan fingerprint density at radius 2 is 1.56 bits per heavy atom. The van der Waals surface area contributed by atoms with Crippen LogP contribution in [0.15, 0.2) is 98.8 Å². The molecule has 312 valence electrons. The largest absolute Gasteiger partial charge is 0.497 e. The Labute approximate surface area is 347 Å². The van der Waals surface area contributed by atoms with Crippen molar-refractivity contribution >= 4 is 38.9 Å². The fourth-order valence-electron chi connectivity index (χ4n) is 7.26. The van der Waals surface area contributed by atoms with Gasteiger partial charge in [-0.15, -0.1) is 0 Å². The van der Waals surface area contributed by atoms with Crippen LogP contribution in [0, 0.1) is 11.3 Å². The number of methoxy groups -OCH3 is 2. The molecule has 3 aromatic carbocycles. The average molecular weight is 825 g/mol. The third-order valence-corrected chi connectivity index (χ3v) is 12.1. The van der Waals surface area contributed by atoms with E-state index >= 15 is 0 Å². The minimum atomic E-state index is -1.67. The molecule has 3 aliphatic heterocycles. The van der Waals surface area contributed by atoms with E-state index in [0.717, 1.165) is 16.7 Å². The molecule has 15 nitrogen and oxygen atoms in total. The number of nitriles is 1. The smallest absolute Gasteiger partial charge is 0.281 e. The van der Waals surface area contributed by atoms with Crippen molar-refractivity contribution < 1.29 is 32.8 Å². The molecule has 3 aromatic rings. The fourth-order valence-corrected chi connectivity index (χ4v) is 9.01. The van der Waals surface area contributed by atoms with Crippen LogP contribution in [0.5, 0.6) is 11.5 Å². The highest BCUT2D eigenvalue weighted by Crippen LogP contribution is 2.50. The first-order valence-electron chi connectivity index (χ1n) is 19.6. The van der Waals surface area contributed by atoms with Crippen molar-refractivity contribution in [2.75, 3.05) is 41.5 Å². The van der Waals surface area contributed by atoms with Gasteiger partial charge in [-0.2, -0.15) is 15.2 Å². The first kappa shape index (κ1) is 43.5. The Kier molecular flexibility index (Phi) is 14.6. The van der Waals surface area contributed by atoms with Gasteiger partial charge in [-0.3, -0.25) is 14.7 Å². The fraction of sp³-hybridized carbons (Fsp3) is 0.442. The van der Waals surface area contributed by atoms with E-state index in [9.17, 15) is 10.1 Å². The van der Waals surface area contributed by atoms with Crippen LogP contribution in [0.1, 0.15) is 57.2 Å². The minimum absolute atomic E-state index is 0.0293. The van der Waals surface area contributed by atoms with Gasteiger partial charge in [0.05, 0.1) is 58.7 Å². The van der Waals surface area contributed by atoms with Crippen LogP contribution in [0.4, 0.5) is 0 Å². The zero-order valence-electron chi connectivity index (χ0n) is 34.8. The SMILES string of the molecule is COc1ccc(C(OC[C@H]2O[C@@H](N3C=NC4C(=O)N=C(/N=C/N(C)C)N=C43)C[C@@H]2OP(OCCC#N)N(C(C)C)C(C)C)(c2ccccc2)c2ccc(OC)cc2)cc1. The van der Waals surface area contributed by atoms with E-state index in [-0.39, 0.29) is 37.7 Å². The molecule has 6 rings (SSSR count). The summed E-state index contributed by atoms with van der Waals surface area (Å²) in [5.41, 5.74) is 1.50. The summed E-state index contributed by atoms with van der Waals surface area (Å²) in [5.74, 6) is 1.36. The highest BCUT2D eigenvalue weighted by molar-refractivity contribution is 7.44. The summed E-state index contributed by atoms with van der Waals surface area (Å²) in [6.45, 7) is 8.65. The van der Waals surface area contributed by atoms with Crippen LogP contribution >= 0.6 is 8.53 Å². The van der Waals surface area contributed by atoms with Crippen LogP contribution in [0.3, 0.4) is 0 Å². The molecule has 0 radical (unpaired) electrons. The lowest BCUT2D eigenvalue weighted by atomic mass is 9.80. The van der Waals surface area contributed by atoms with Crippen LogP contribution < -0.4 is 9.47 Å². The number of hydrogen-bond donors (Lipinski definition) is 0. The van der Waals surface area contributed by atoms with Crippen molar-refractivity contribution in [3.8, 4) is 17.6 Å². The molecule has 3 heterocycles. The number of aliphatic imine (C=N–C) groups is 4. The molecule has 0 spiro atoms. The monoisotopic (exact) mass is 824 g/mol. The van der Waals surface area contributed by atoms with Gasteiger partial charge < -0.3 is 32.9 Å². The number of rotatable bonds is 18. The molecule has 0 N–H and O–H groups in total. The van der Waals surface area contributed by atoms with Gasteiger partial charge in [0, 0.05) is 32.6 Å². The van der Waals surface area contributed by atoms with Crippen LogP contribution in [-0.4, -0.2) is 123 Å². The molecule has 1 fully saturated rings. The number of carbonyl (C=O) groups excluding carboxylic acids is 1. The average Bonchev–Trinajstić information content (AvgIpc) is 3.85. The molecular weight excluding hydrogens is 771 g/mol. The van der Waals surface area contributed by atoms with Gasteiger partial charge in [0.2, 0.25) is 0 Å². The van der Waals surface area contributed by atoms with E-state index in [2.05, 4.69) is 58.4 Å². The number of benzene rings is 3. The molecular formula is C43H53N8O7P. The van der Waals surface area contributed by atoms with E-state index in [4.69, 9.17) is 28.0 Å². The lowest BCUT2D eigenvalue weighted by molar-refractivity contribution is -0.117. The third kappa shape index (κ3) is 9.87. The van der Waals surface area contributed by atoms with Crippen molar-refractivity contribution in [3.05, 3.63) is 95.6 Å². The molecule has 1 saturated heterocycles. The lowest BCUT2D eigenvalue weighted by Gasteiger charge is -2.39. The van der Waals surface area contributed by atoms with Crippen LogP contribution in [0.25, 0.3) is 0 Å². The third-order valence-electron chi connectivity index (χ3n) is 9.93. The second-order valence-electron chi connectivity index (χ2n) is 14.9. The number of hydrogen-bond acceptors (Lipinski definition) is 13.